The molecule has 0 unspecified atom stereocenters. The molecular formula is C20H15BrCl2N2O3S. The number of hydrogen-bond acceptors (Lipinski definition) is 3. The minimum absolute atomic E-state index is 0.0414. The van der Waals surface area contributed by atoms with Crippen molar-refractivity contribution in [1.29, 1.82) is 0 Å². The molecule has 0 bridgehead atoms. The van der Waals surface area contributed by atoms with Gasteiger partial charge in [0.1, 0.15) is 6.54 Å². The van der Waals surface area contributed by atoms with Crippen molar-refractivity contribution in [2.45, 2.75) is 4.90 Å². The quantitative estimate of drug-likeness (QED) is 0.467. The van der Waals surface area contributed by atoms with Crippen LogP contribution in [0.15, 0.2) is 82.2 Å². The van der Waals surface area contributed by atoms with Crippen molar-refractivity contribution in [3.05, 3.63) is 87.3 Å². The Morgan fingerprint density at radius 2 is 1.62 bits per heavy atom. The Morgan fingerprint density at radius 3 is 2.28 bits per heavy atom. The number of nitrogens with zero attached hydrogens (tertiary/aromatic N) is 1. The highest BCUT2D eigenvalue weighted by Gasteiger charge is 2.29. The number of hydrogen-bond donors (Lipinski definition) is 1. The average Bonchev–Trinajstić information content (AvgIpc) is 2.69. The molecule has 0 aliphatic carbocycles. The van der Waals surface area contributed by atoms with E-state index in [0.717, 1.165) is 4.31 Å². The van der Waals surface area contributed by atoms with Crippen molar-refractivity contribution in [3.63, 3.8) is 0 Å². The van der Waals surface area contributed by atoms with Crippen molar-refractivity contribution in [1.82, 2.24) is 0 Å². The minimum atomic E-state index is -4.05. The van der Waals surface area contributed by atoms with Crippen LogP contribution in [0.5, 0.6) is 0 Å². The first-order valence-corrected chi connectivity index (χ1v) is 11.3. The number of para-hydroxylation sites is 1. The van der Waals surface area contributed by atoms with Crippen molar-refractivity contribution in [2.75, 3.05) is 16.2 Å². The molecule has 9 heteroatoms. The van der Waals surface area contributed by atoms with E-state index >= 15 is 0 Å². The van der Waals surface area contributed by atoms with E-state index in [2.05, 4.69) is 21.2 Å². The summed E-state index contributed by atoms with van der Waals surface area (Å²) in [6.07, 6.45) is 0. The smallest absolute Gasteiger partial charge is 0.264 e. The van der Waals surface area contributed by atoms with Crippen LogP contribution >= 0.6 is 39.1 Å². The van der Waals surface area contributed by atoms with Gasteiger partial charge in [-0.25, -0.2) is 8.42 Å². The van der Waals surface area contributed by atoms with Crippen LogP contribution in [0.3, 0.4) is 0 Å². The van der Waals surface area contributed by atoms with Crippen LogP contribution in [0, 0.1) is 0 Å². The van der Waals surface area contributed by atoms with Crippen LogP contribution in [0.2, 0.25) is 10.0 Å². The minimum Gasteiger partial charge on any atom is -0.323 e. The zero-order valence-electron chi connectivity index (χ0n) is 14.8. The maximum Gasteiger partial charge on any atom is 0.264 e. The fourth-order valence-corrected chi connectivity index (χ4v) is 4.99. The molecule has 29 heavy (non-hydrogen) atoms. The molecular weight excluding hydrogens is 499 g/mol. The number of carbonyl (C=O) groups is 1. The summed E-state index contributed by atoms with van der Waals surface area (Å²) < 4.78 is 28.2. The molecule has 1 N–H and O–H groups in total. The van der Waals surface area contributed by atoms with E-state index in [0.29, 0.717) is 15.2 Å². The maximum absolute atomic E-state index is 13.3. The van der Waals surface area contributed by atoms with Gasteiger partial charge in [-0.2, -0.15) is 0 Å². The van der Waals surface area contributed by atoms with E-state index in [1.54, 1.807) is 42.5 Å². The second-order valence-electron chi connectivity index (χ2n) is 5.95. The van der Waals surface area contributed by atoms with E-state index in [9.17, 15) is 13.2 Å². The Kier molecular flexibility index (Phi) is 6.85. The van der Waals surface area contributed by atoms with Gasteiger partial charge in [-0.1, -0.05) is 53.5 Å². The van der Waals surface area contributed by atoms with Crippen molar-refractivity contribution < 1.29 is 13.2 Å². The molecule has 3 rings (SSSR count). The number of benzene rings is 3. The maximum atomic E-state index is 13.3. The number of carbonyl (C=O) groups excluding carboxylic acids is 1. The third kappa shape index (κ3) is 5.11. The van der Waals surface area contributed by atoms with Crippen LogP contribution in [-0.2, 0) is 14.8 Å². The lowest BCUT2D eigenvalue weighted by molar-refractivity contribution is -0.114. The van der Waals surface area contributed by atoms with E-state index < -0.39 is 22.5 Å². The summed E-state index contributed by atoms with van der Waals surface area (Å²) in [6.45, 7) is -0.472. The van der Waals surface area contributed by atoms with Crippen LogP contribution in [-0.4, -0.2) is 20.9 Å². The van der Waals surface area contributed by atoms with Gasteiger partial charge in [0.25, 0.3) is 10.0 Å². The van der Waals surface area contributed by atoms with E-state index in [1.807, 2.05) is 0 Å². The topological polar surface area (TPSA) is 66.5 Å². The van der Waals surface area contributed by atoms with Crippen LogP contribution in [0.25, 0.3) is 0 Å². The van der Waals surface area contributed by atoms with Gasteiger partial charge in [-0.3, -0.25) is 9.10 Å². The van der Waals surface area contributed by atoms with Gasteiger partial charge in [-0.05, 0) is 58.4 Å². The Morgan fingerprint density at radius 1 is 0.966 bits per heavy atom. The second-order valence-corrected chi connectivity index (χ2v) is 9.51. The first kappa shape index (κ1) is 21.6. The predicted molar refractivity (Wildman–Crippen MR) is 120 cm³/mol. The molecule has 0 saturated heterocycles. The number of nitrogens with one attached hydrogen (secondary N) is 1. The van der Waals surface area contributed by atoms with Gasteiger partial charge in [0.15, 0.2) is 0 Å². The number of rotatable bonds is 6. The molecule has 3 aromatic rings. The lowest BCUT2D eigenvalue weighted by Gasteiger charge is -2.25. The summed E-state index contributed by atoms with van der Waals surface area (Å²) in [5.41, 5.74) is 0.680. The molecule has 0 fully saturated rings. The van der Waals surface area contributed by atoms with Gasteiger partial charge in [0.2, 0.25) is 5.91 Å². The first-order valence-electron chi connectivity index (χ1n) is 8.36. The number of amides is 1. The number of anilines is 2. The highest BCUT2D eigenvalue weighted by molar-refractivity contribution is 9.10. The van der Waals surface area contributed by atoms with Gasteiger partial charge in [0, 0.05) is 9.50 Å². The van der Waals surface area contributed by atoms with Crippen molar-refractivity contribution in [3.8, 4) is 0 Å². The zero-order valence-corrected chi connectivity index (χ0v) is 18.8. The lowest BCUT2D eigenvalue weighted by Crippen LogP contribution is -2.38. The SMILES string of the molecule is O=C(CN(c1ccc(Cl)cc1Cl)S(=O)(=O)c1ccccc1)Nc1ccccc1Br. The summed E-state index contributed by atoms with van der Waals surface area (Å²) in [7, 11) is -4.05. The highest BCUT2D eigenvalue weighted by Crippen LogP contribution is 2.32. The number of halogens is 3. The van der Waals surface area contributed by atoms with Crippen molar-refractivity contribution >= 4 is 66.4 Å². The molecule has 0 aliphatic rings. The fraction of sp³-hybridized carbons (Fsp3) is 0.0500. The standard InChI is InChI=1S/C20H15BrCl2N2O3S/c21-16-8-4-5-9-18(16)24-20(26)13-25(19-11-10-14(22)12-17(19)23)29(27,28)15-6-2-1-3-7-15/h1-12H,13H2,(H,24,26). The molecule has 5 nitrogen and oxygen atoms in total. The van der Waals surface area contributed by atoms with Gasteiger partial charge in [-0.15, -0.1) is 0 Å². The molecule has 0 spiro atoms. The third-order valence-electron chi connectivity index (χ3n) is 3.94. The van der Waals surface area contributed by atoms with Gasteiger partial charge >= 0.3 is 0 Å². The van der Waals surface area contributed by atoms with Crippen LogP contribution < -0.4 is 9.62 Å². The fourth-order valence-electron chi connectivity index (χ4n) is 2.59. The Labute approximate surface area is 187 Å². The Balaban J connectivity index is 1.99. The summed E-state index contributed by atoms with van der Waals surface area (Å²) in [6, 6.07) is 19.3. The monoisotopic (exact) mass is 512 g/mol. The van der Waals surface area contributed by atoms with E-state index in [1.165, 1.54) is 30.3 Å². The average molecular weight is 514 g/mol. The second kappa shape index (κ2) is 9.17. The number of sulfonamides is 1. The molecule has 1 amide bonds. The van der Waals surface area contributed by atoms with Gasteiger partial charge < -0.3 is 5.32 Å². The molecule has 0 atom stereocenters. The Hall–Kier alpha value is -2.06. The van der Waals surface area contributed by atoms with E-state index in [4.69, 9.17) is 23.2 Å². The summed E-state index contributed by atoms with van der Waals surface area (Å²) in [4.78, 5) is 12.7. The third-order valence-corrected chi connectivity index (χ3v) is 6.95. The highest BCUT2D eigenvalue weighted by atomic mass is 79.9. The molecule has 0 radical (unpaired) electrons. The zero-order chi connectivity index (χ0) is 21.0. The summed E-state index contributed by atoms with van der Waals surface area (Å²) >= 11 is 15.6. The van der Waals surface area contributed by atoms with Gasteiger partial charge in [0.05, 0.1) is 21.3 Å². The molecule has 0 aliphatic heterocycles. The van der Waals surface area contributed by atoms with Crippen LogP contribution in [0.4, 0.5) is 11.4 Å². The molecule has 150 valence electrons. The van der Waals surface area contributed by atoms with Crippen molar-refractivity contribution in [2.24, 2.45) is 0 Å². The molecule has 0 saturated carbocycles. The predicted octanol–water partition coefficient (Wildman–Crippen LogP) is 5.59. The largest absolute Gasteiger partial charge is 0.323 e. The van der Waals surface area contributed by atoms with Crippen LogP contribution in [0.1, 0.15) is 0 Å². The molecule has 0 heterocycles. The molecule has 3 aromatic carbocycles. The van der Waals surface area contributed by atoms with E-state index in [-0.39, 0.29) is 15.6 Å². The normalized spacial score (nSPS) is 11.1. The summed E-state index contributed by atoms with van der Waals surface area (Å²) in [5.74, 6) is -0.526. The first-order chi connectivity index (χ1) is 13.8. The lowest BCUT2D eigenvalue weighted by atomic mass is 10.3. The molecule has 0 aromatic heterocycles. The summed E-state index contributed by atoms with van der Waals surface area (Å²) in [5, 5.41) is 3.18. The Bertz CT molecular complexity index is 1140.